The van der Waals surface area contributed by atoms with Gasteiger partial charge in [0.2, 0.25) is 0 Å². The highest BCUT2D eigenvalue weighted by Gasteiger charge is 2.15. The van der Waals surface area contributed by atoms with Crippen LogP contribution in [0, 0.1) is 5.82 Å². The quantitative estimate of drug-likeness (QED) is 0.854. The van der Waals surface area contributed by atoms with E-state index in [-0.39, 0.29) is 5.69 Å². The van der Waals surface area contributed by atoms with E-state index in [9.17, 15) is 9.18 Å². The molecule has 0 saturated heterocycles. The fourth-order valence-corrected chi connectivity index (χ4v) is 2.67. The predicted octanol–water partition coefficient (Wildman–Crippen LogP) is 3.69. The van der Waals surface area contributed by atoms with Gasteiger partial charge in [-0.25, -0.2) is 9.38 Å². The maximum absolute atomic E-state index is 14.2. The first kappa shape index (κ1) is 16.2. The van der Waals surface area contributed by atoms with E-state index in [2.05, 4.69) is 11.6 Å². The number of aromatic nitrogens is 1. The van der Waals surface area contributed by atoms with Crippen LogP contribution in [0.15, 0.2) is 46.9 Å². The Bertz CT molecular complexity index is 776. The average Bonchev–Trinajstić information content (AvgIpc) is 2.86. The highest BCUT2D eigenvalue weighted by Crippen LogP contribution is 2.23. The summed E-state index contributed by atoms with van der Waals surface area (Å²) in [4.78, 5) is 15.9. The van der Waals surface area contributed by atoms with E-state index in [0.29, 0.717) is 16.9 Å². The van der Waals surface area contributed by atoms with Gasteiger partial charge in [0.1, 0.15) is 11.5 Å². The van der Waals surface area contributed by atoms with Crippen LogP contribution < -0.4 is 4.80 Å². The number of nitrogens with zero attached hydrogens (tertiary/aromatic N) is 2. The number of rotatable bonds is 5. The molecule has 1 aromatic heterocycles. The van der Waals surface area contributed by atoms with Crippen molar-refractivity contribution in [2.45, 2.75) is 26.3 Å². The van der Waals surface area contributed by atoms with Crippen molar-refractivity contribution in [2.75, 3.05) is 0 Å². The highest BCUT2D eigenvalue weighted by molar-refractivity contribution is 7.07. The molecule has 0 radical (unpaired) electrons. The molecule has 0 amide bonds. The van der Waals surface area contributed by atoms with E-state index in [1.54, 1.807) is 6.07 Å². The largest absolute Gasteiger partial charge is 0.481 e. The molecule has 6 heteroatoms. The van der Waals surface area contributed by atoms with Gasteiger partial charge in [0.25, 0.3) is 0 Å². The van der Waals surface area contributed by atoms with Crippen LogP contribution in [-0.4, -0.2) is 15.6 Å². The summed E-state index contributed by atoms with van der Waals surface area (Å²) < 4.78 is 16.0. The van der Waals surface area contributed by atoms with Gasteiger partial charge in [0, 0.05) is 18.1 Å². The number of aliphatic carboxylic acids is 1. The molecule has 22 heavy (non-hydrogen) atoms. The van der Waals surface area contributed by atoms with Crippen LogP contribution in [0.5, 0.6) is 0 Å². The van der Waals surface area contributed by atoms with Crippen molar-refractivity contribution >= 4 is 23.0 Å². The van der Waals surface area contributed by atoms with Crippen molar-refractivity contribution in [3.63, 3.8) is 0 Å². The lowest BCUT2D eigenvalue weighted by Gasteiger charge is -2.07. The maximum Gasteiger partial charge on any atom is 0.310 e. The second-order valence-electron chi connectivity index (χ2n) is 5.15. The van der Waals surface area contributed by atoms with Gasteiger partial charge in [-0.3, -0.25) is 4.79 Å². The highest BCUT2D eigenvalue weighted by atomic mass is 32.1. The Hall–Kier alpha value is -2.21. The van der Waals surface area contributed by atoms with Crippen molar-refractivity contribution in [3.8, 4) is 0 Å². The van der Waals surface area contributed by atoms with Gasteiger partial charge in [-0.1, -0.05) is 18.2 Å². The number of carboxylic acids is 1. The van der Waals surface area contributed by atoms with E-state index >= 15 is 0 Å². The number of halogens is 1. The number of allylic oxidation sites excluding steroid dienone is 1. The van der Waals surface area contributed by atoms with Crippen LogP contribution in [-0.2, 0) is 11.3 Å². The summed E-state index contributed by atoms with van der Waals surface area (Å²) in [6.45, 7) is 7.91. The van der Waals surface area contributed by atoms with Gasteiger partial charge in [-0.2, -0.15) is 0 Å². The van der Waals surface area contributed by atoms with Gasteiger partial charge in [0.15, 0.2) is 4.80 Å². The molecule has 1 unspecified atom stereocenters. The molecule has 0 bridgehead atoms. The Morgan fingerprint density at radius 1 is 1.55 bits per heavy atom. The lowest BCUT2D eigenvalue weighted by atomic mass is 10.0. The molecular weight excluding hydrogens is 303 g/mol. The fourth-order valence-electron chi connectivity index (χ4n) is 1.93. The average molecular weight is 320 g/mol. The van der Waals surface area contributed by atoms with Crippen molar-refractivity contribution in [3.05, 3.63) is 58.1 Å². The van der Waals surface area contributed by atoms with Gasteiger partial charge in [0.05, 0.1) is 5.92 Å². The first-order valence-electron chi connectivity index (χ1n) is 6.73. The summed E-state index contributed by atoms with van der Waals surface area (Å²) in [5.74, 6) is -2.26. The summed E-state index contributed by atoms with van der Waals surface area (Å²) in [6, 6.07) is 4.33. The molecule has 0 aliphatic carbocycles. The van der Waals surface area contributed by atoms with Gasteiger partial charge in [-0.15, -0.1) is 11.3 Å². The summed E-state index contributed by atoms with van der Waals surface area (Å²) in [7, 11) is 0. The van der Waals surface area contributed by atoms with Crippen LogP contribution in [0.2, 0.25) is 0 Å². The molecule has 1 aromatic carbocycles. The second-order valence-corrected chi connectivity index (χ2v) is 6.03. The smallest absolute Gasteiger partial charge is 0.310 e. The van der Waals surface area contributed by atoms with Gasteiger partial charge >= 0.3 is 5.97 Å². The Balaban J connectivity index is 2.39. The van der Waals surface area contributed by atoms with E-state index in [4.69, 9.17) is 5.11 Å². The van der Waals surface area contributed by atoms with Gasteiger partial charge < -0.3 is 9.67 Å². The molecule has 0 spiro atoms. The van der Waals surface area contributed by atoms with Crippen molar-refractivity contribution in [2.24, 2.45) is 4.99 Å². The van der Waals surface area contributed by atoms with Crippen molar-refractivity contribution in [1.29, 1.82) is 0 Å². The minimum atomic E-state index is -0.985. The topological polar surface area (TPSA) is 54.6 Å². The van der Waals surface area contributed by atoms with Gasteiger partial charge in [-0.05, 0) is 31.5 Å². The molecule has 0 aliphatic heterocycles. The Kier molecular flexibility index (Phi) is 4.92. The Morgan fingerprint density at radius 3 is 2.86 bits per heavy atom. The molecule has 1 heterocycles. The molecule has 116 valence electrons. The SMILES string of the molecule is C=C(C)Cn1ccsc1=Nc1ccc(C(C)C(=O)O)cc1F. The van der Waals surface area contributed by atoms with Crippen LogP contribution in [0.4, 0.5) is 10.1 Å². The second kappa shape index (κ2) is 6.70. The summed E-state index contributed by atoms with van der Waals surface area (Å²) in [6.07, 6.45) is 1.87. The first-order valence-corrected chi connectivity index (χ1v) is 7.61. The number of hydrogen-bond acceptors (Lipinski definition) is 3. The number of carboxylic acid groups (broad SMARTS) is 1. The zero-order chi connectivity index (χ0) is 16.3. The van der Waals surface area contributed by atoms with E-state index in [1.165, 1.54) is 30.4 Å². The monoisotopic (exact) mass is 320 g/mol. The maximum atomic E-state index is 14.2. The number of carbonyl (C=O) groups is 1. The molecule has 0 fully saturated rings. The van der Waals surface area contributed by atoms with E-state index < -0.39 is 17.7 Å². The molecule has 0 saturated carbocycles. The Morgan fingerprint density at radius 2 is 2.27 bits per heavy atom. The molecule has 4 nitrogen and oxygen atoms in total. The molecule has 2 aromatic rings. The molecule has 2 rings (SSSR count). The normalized spacial score (nSPS) is 13.1. The van der Waals surface area contributed by atoms with Crippen LogP contribution in [0.3, 0.4) is 0 Å². The molecule has 0 aliphatic rings. The minimum absolute atomic E-state index is 0.194. The third-order valence-corrected chi connectivity index (χ3v) is 3.95. The third kappa shape index (κ3) is 3.71. The summed E-state index contributed by atoms with van der Waals surface area (Å²) >= 11 is 1.40. The molecule has 1 atom stereocenters. The summed E-state index contributed by atoms with van der Waals surface area (Å²) in [5, 5.41) is 10.8. The number of benzene rings is 1. The van der Waals surface area contributed by atoms with Crippen molar-refractivity contribution in [1.82, 2.24) is 4.57 Å². The zero-order valence-corrected chi connectivity index (χ0v) is 13.2. The first-order chi connectivity index (χ1) is 10.4. The fraction of sp³-hybridized carbons (Fsp3) is 0.250. The number of thiazole rings is 1. The Labute approximate surface area is 131 Å². The summed E-state index contributed by atoms with van der Waals surface area (Å²) in [5.41, 5.74) is 1.59. The molecule has 1 N–H and O–H groups in total. The van der Waals surface area contributed by atoms with Crippen LogP contribution in [0.25, 0.3) is 0 Å². The zero-order valence-electron chi connectivity index (χ0n) is 12.4. The third-order valence-electron chi connectivity index (χ3n) is 3.16. The number of hydrogen-bond donors (Lipinski definition) is 1. The van der Waals surface area contributed by atoms with E-state index in [0.717, 1.165) is 5.57 Å². The van der Waals surface area contributed by atoms with Crippen molar-refractivity contribution < 1.29 is 14.3 Å². The minimum Gasteiger partial charge on any atom is -0.481 e. The standard InChI is InChI=1S/C16H17FN2O2S/c1-10(2)9-19-6-7-22-16(19)18-14-5-4-12(8-13(14)17)11(3)15(20)21/h4-8,11H,1,9H2,2-3H3,(H,20,21). The molecular formula is C16H17FN2O2S. The van der Waals surface area contributed by atoms with Crippen LogP contribution in [0.1, 0.15) is 25.3 Å². The van der Waals surface area contributed by atoms with Crippen LogP contribution >= 0.6 is 11.3 Å². The predicted molar refractivity (Wildman–Crippen MR) is 84.8 cm³/mol. The lowest BCUT2D eigenvalue weighted by molar-refractivity contribution is -0.138. The lowest BCUT2D eigenvalue weighted by Crippen LogP contribution is -2.14. The van der Waals surface area contributed by atoms with E-state index in [1.807, 2.05) is 23.1 Å².